The number of nitrogens with zero attached hydrogens (tertiary/aromatic N) is 3. The average Bonchev–Trinajstić information content (AvgIpc) is 3.33. The number of aliphatic hydroxyl groups excluding tert-OH is 1. The molecule has 0 aliphatic carbocycles. The Hall–Kier alpha value is -3.40. The van der Waals surface area contributed by atoms with Gasteiger partial charge in [0.2, 0.25) is 0 Å². The van der Waals surface area contributed by atoms with Crippen LogP contribution < -0.4 is 18.6 Å². The minimum absolute atomic E-state index is 0.140. The summed E-state index contributed by atoms with van der Waals surface area (Å²) in [7, 11) is 0. The zero-order chi connectivity index (χ0) is 45.7. The summed E-state index contributed by atoms with van der Waals surface area (Å²) in [6.07, 6.45) is 13.4. The van der Waals surface area contributed by atoms with Gasteiger partial charge in [-0.25, -0.2) is 17.6 Å². The standard InChI is InChI=1S/C12H9ClFN.C12H10FNO.C12H16FN.C6H4BrF.C6H5NO.I3/c13-12(10-5-7-15-8-6-10)9-1-3-11(14)4-2-9;13-11-3-1-9(2-4-11)12(15)10-5-7-14-8-6-10;13-12-3-1-10(2-4-12)9-11-5-7-14-8-6-11;7-5-1-3-6(8)4-2-5;8-5-6-1-3-7-4-2-6;1-3-2/h1-8,12H;1-8,12,15H;1-4,11,14H,5-9H2;1-4H;1-5H;/q;;;;;-1. The van der Waals surface area contributed by atoms with E-state index in [-0.39, 0.29) is 28.6 Å². The van der Waals surface area contributed by atoms with Crippen molar-refractivity contribution in [3.05, 3.63) is 232 Å². The van der Waals surface area contributed by atoms with E-state index in [4.69, 9.17) is 11.6 Å². The summed E-state index contributed by atoms with van der Waals surface area (Å²) < 4.78 is 51.0. The molecule has 8 rings (SSSR count). The Kier molecular flexibility index (Phi) is 27.6. The van der Waals surface area contributed by atoms with Crippen molar-refractivity contribution >= 4 is 71.0 Å². The van der Waals surface area contributed by atoms with E-state index in [1.165, 1.54) is 54.8 Å². The summed E-state index contributed by atoms with van der Waals surface area (Å²) in [5.74, 6) is -0.119. The van der Waals surface area contributed by atoms with Crippen molar-refractivity contribution < 1.29 is 40.7 Å². The zero-order valence-electron chi connectivity index (χ0n) is 33.6. The first-order valence-electron chi connectivity index (χ1n) is 19.2. The van der Waals surface area contributed by atoms with Gasteiger partial charge in [-0.3, -0.25) is 19.7 Å². The van der Waals surface area contributed by atoms with Crippen molar-refractivity contribution in [2.45, 2.75) is 30.7 Å². The topological polar surface area (TPSA) is 88.0 Å². The smallest absolute Gasteiger partial charge is 0.150 e. The maximum absolute atomic E-state index is 12.7. The molecule has 6 nitrogen and oxygen atoms in total. The number of piperidine rings is 1. The van der Waals surface area contributed by atoms with Crippen LogP contribution in [0.5, 0.6) is 0 Å². The number of alkyl halides is 1. The molecular formula is C48H44BrClF4I3N4O2-. The molecular weight excluding hydrogens is 1240 g/mol. The van der Waals surface area contributed by atoms with Crippen molar-refractivity contribution in [3.8, 4) is 0 Å². The molecule has 4 aromatic carbocycles. The number of carbonyl (C=O) groups excluding carboxylic acids is 1. The second kappa shape index (κ2) is 32.3. The van der Waals surface area contributed by atoms with Crippen LogP contribution in [0.3, 0.4) is 0 Å². The molecule has 1 aliphatic rings. The molecule has 0 spiro atoms. The molecule has 4 heterocycles. The molecule has 1 aliphatic heterocycles. The van der Waals surface area contributed by atoms with Crippen molar-refractivity contribution in [1.82, 2.24) is 20.3 Å². The normalized spacial score (nSPS) is 12.6. The number of hydrogen-bond donors (Lipinski definition) is 2. The molecule has 0 bridgehead atoms. The van der Waals surface area contributed by atoms with E-state index < -0.39 is 6.10 Å². The molecule has 332 valence electrons. The molecule has 63 heavy (non-hydrogen) atoms. The first kappa shape index (κ1) is 53.9. The molecule has 2 N–H and O–H groups in total. The summed E-state index contributed by atoms with van der Waals surface area (Å²) >= 11 is 14.7. The molecule has 2 atom stereocenters. The number of aromatic nitrogens is 3. The fourth-order valence-corrected chi connectivity index (χ4v) is 6.21. The maximum atomic E-state index is 12.7. The SMILES string of the molecule is Fc1ccc(Br)cc1.Fc1ccc(C(Cl)c2ccncc2)cc1.Fc1ccc(CC2CCNCC2)cc1.I[I-]I.O=Cc1ccncc1.OC(c1ccncc1)c1ccc(F)cc1. The number of benzene rings is 4. The number of halogens is 9. The Labute approximate surface area is 409 Å². The van der Waals surface area contributed by atoms with Gasteiger partial charge in [0.15, 0.2) is 0 Å². The summed E-state index contributed by atoms with van der Waals surface area (Å²) in [6.45, 7) is 2.26. The van der Waals surface area contributed by atoms with E-state index in [1.54, 1.807) is 110 Å². The summed E-state index contributed by atoms with van der Waals surface area (Å²) in [6, 6.07) is 35.5. The predicted octanol–water partition coefficient (Wildman–Crippen LogP) is 10.5. The number of nitrogens with one attached hydrogen (secondary N) is 1. The summed E-state index contributed by atoms with van der Waals surface area (Å²) in [5, 5.41) is 13.0. The zero-order valence-corrected chi connectivity index (χ0v) is 42.4. The number of carbonyl (C=O) groups is 1. The molecule has 15 heteroatoms. The molecule has 0 radical (unpaired) electrons. The third kappa shape index (κ3) is 22.9. The Morgan fingerprint density at radius 2 is 0.968 bits per heavy atom. The van der Waals surface area contributed by atoms with Gasteiger partial charge in [0.05, 0.1) is 5.38 Å². The van der Waals surface area contributed by atoms with Gasteiger partial charge in [0, 0.05) is 47.2 Å². The molecule has 7 aromatic rings. The van der Waals surface area contributed by atoms with Gasteiger partial charge in [-0.2, -0.15) is 0 Å². The van der Waals surface area contributed by atoms with Crippen LogP contribution in [0.25, 0.3) is 0 Å². The monoisotopic (exact) mass is 1280 g/mol. The van der Waals surface area contributed by atoms with Crippen LogP contribution >= 0.6 is 64.8 Å². The number of rotatable bonds is 7. The first-order valence-corrected chi connectivity index (χ1v) is 33.0. The van der Waals surface area contributed by atoms with E-state index in [0.717, 1.165) is 52.9 Å². The van der Waals surface area contributed by atoms with Crippen molar-refractivity contribution in [2.24, 2.45) is 5.92 Å². The van der Waals surface area contributed by atoms with E-state index in [9.17, 15) is 27.5 Å². The molecule has 1 saturated heterocycles. The largest absolute Gasteiger partial charge is 0.384 e. The van der Waals surface area contributed by atoms with E-state index in [0.29, 0.717) is 24.4 Å². The minimum Gasteiger partial charge on any atom is -0.384 e. The van der Waals surface area contributed by atoms with Crippen molar-refractivity contribution in [2.75, 3.05) is 13.1 Å². The molecule has 0 saturated carbocycles. The van der Waals surface area contributed by atoms with E-state index in [1.807, 2.05) is 24.3 Å². The van der Waals surface area contributed by atoms with Crippen LogP contribution in [-0.2, 0) is 6.42 Å². The van der Waals surface area contributed by atoms with Gasteiger partial charge < -0.3 is 10.4 Å². The van der Waals surface area contributed by atoms with Crippen molar-refractivity contribution in [3.63, 3.8) is 0 Å². The van der Waals surface area contributed by atoms with Gasteiger partial charge in [0.1, 0.15) is 35.7 Å². The fraction of sp³-hybridized carbons (Fsp3) is 0.167. The summed E-state index contributed by atoms with van der Waals surface area (Å²) in [5.41, 5.74) is 5.18. The minimum atomic E-state index is -0.728. The Bertz CT molecular complexity index is 2130. The third-order valence-corrected chi connectivity index (χ3v) is 9.94. The average molecular weight is 1280 g/mol. The first-order chi connectivity index (χ1) is 30.5. The number of hydrogen-bond acceptors (Lipinski definition) is 6. The van der Waals surface area contributed by atoms with E-state index in [2.05, 4.69) is 73.4 Å². The molecule has 1 fully saturated rings. The molecule has 2 unspecified atom stereocenters. The van der Waals surface area contributed by atoms with Gasteiger partial charge in [-0.15, -0.1) is 11.6 Å². The fourth-order valence-electron chi connectivity index (χ4n) is 5.65. The number of pyridine rings is 3. The Balaban J connectivity index is 0.000000211. The van der Waals surface area contributed by atoms with Crippen LogP contribution in [0.2, 0.25) is 0 Å². The summed E-state index contributed by atoms with van der Waals surface area (Å²) in [4.78, 5) is 21.5. The maximum Gasteiger partial charge on any atom is 0.150 e. The molecule has 3 aromatic heterocycles. The van der Waals surface area contributed by atoms with Crippen LogP contribution in [0.4, 0.5) is 17.6 Å². The quantitative estimate of drug-likeness (QED) is 0.0716. The number of aliphatic hydroxyl groups is 1. The Morgan fingerprint density at radius 3 is 1.38 bits per heavy atom. The second-order valence-electron chi connectivity index (χ2n) is 13.3. The van der Waals surface area contributed by atoms with Crippen LogP contribution in [0.1, 0.15) is 62.5 Å². The predicted molar refractivity (Wildman–Crippen MR) is 260 cm³/mol. The van der Waals surface area contributed by atoms with Crippen molar-refractivity contribution in [1.29, 1.82) is 0 Å². The number of aldehydes is 1. The van der Waals surface area contributed by atoms with Gasteiger partial charge in [-0.1, -0.05) is 52.3 Å². The Morgan fingerprint density at radius 1 is 0.619 bits per heavy atom. The van der Waals surface area contributed by atoms with Crippen LogP contribution in [0, 0.1) is 29.2 Å². The molecule has 0 amide bonds. The van der Waals surface area contributed by atoms with Gasteiger partial charge >= 0.3 is 50.5 Å². The van der Waals surface area contributed by atoms with Gasteiger partial charge in [0.25, 0.3) is 0 Å². The van der Waals surface area contributed by atoms with Crippen LogP contribution in [0.15, 0.2) is 175 Å². The van der Waals surface area contributed by atoms with E-state index >= 15 is 0 Å². The van der Waals surface area contributed by atoms with Crippen LogP contribution in [-0.4, -0.2) is 39.4 Å². The van der Waals surface area contributed by atoms with Gasteiger partial charge in [-0.05, 0) is 163 Å². The third-order valence-electron chi connectivity index (χ3n) is 8.91. The second-order valence-corrected chi connectivity index (χ2v) is 30.9.